The van der Waals surface area contributed by atoms with Crippen LogP contribution in [0.25, 0.3) is 22.0 Å². The van der Waals surface area contributed by atoms with Gasteiger partial charge >= 0.3 is 0 Å². The van der Waals surface area contributed by atoms with Crippen molar-refractivity contribution < 1.29 is 9.53 Å². The van der Waals surface area contributed by atoms with E-state index in [1.807, 2.05) is 66.7 Å². The van der Waals surface area contributed by atoms with Crippen LogP contribution in [-0.4, -0.2) is 18.0 Å². The number of anilines is 1. The Morgan fingerprint density at radius 1 is 0.889 bits per heavy atom. The number of nitrogens with zero attached hydrogens (tertiary/aromatic N) is 1. The van der Waals surface area contributed by atoms with E-state index in [9.17, 15) is 4.79 Å². The molecule has 3 aromatic carbocycles. The van der Waals surface area contributed by atoms with Crippen molar-refractivity contribution in [2.24, 2.45) is 0 Å². The number of carbonyl (C=O) groups is 1. The zero-order valence-corrected chi connectivity index (χ0v) is 14.8. The summed E-state index contributed by atoms with van der Waals surface area (Å²) in [6, 6.07) is 24.8. The number of pyridine rings is 1. The molecule has 4 aromatic rings. The molecular formula is C23H18N2O2. The monoisotopic (exact) mass is 354 g/mol. The van der Waals surface area contributed by atoms with Crippen molar-refractivity contribution in [1.29, 1.82) is 0 Å². The second-order valence-corrected chi connectivity index (χ2v) is 6.11. The Balaban J connectivity index is 1.83. The van der Waals surface area contributed by atoms with Crippen LogP contribution in [0.5, 0.6) is 5.75 Å². The fourth-order valence-electron chi connectivity index (χ4n) is 3.06. The van der Waals surface area contributed by atoms with Gasteiger partial charge in [-0.05, 0) is 35.9 Å². The summed E-state index contributed by atoms with van der Waals surface area (Å²) in [6.45, 7) is 0. The minimum absolute atomic E-state index is 0.163. The summed E-state index contributed by atoms with van der Waals surface area (Å²) in [6.07, 6.45) is 1.73. The number of ether oxygens (including phenoxy) is 1. The summed E-state index contributed by atoms with van der Waals surface area (Å²) in [5.74, 6) is 0.621. The van der Waals surface area contributed by atoms with Gasteiger partial charge in [-0.3, -0.25) is 9.78 Å². The second kappa shape index (κ2) is 7.30. The van der Waals surface area contributed by atoms with E-state index in [4.69, 9.17) is 4.74 Å². The lowest BCUT2D eigenvalue weighted by Crippen LogP contribution is -2.13. The zero-order valence-electron chi connectivity index (χ0n) is 14.8. The number of aromatic nitrogens is 1. The van der Waals surface area contributed by atoms with E-state index in [0.29, 0.717) is 11.3 Å². The van der Waals surface area contributed by atoms with Gasteiger partial charge < -0.3 is 10.1 Å². The van der Waals surface area contributed by atoms with Gasteiger partial charge in [0.05, 0.1) is 18.3 Å². The first-order valence-electron chi connectivity index (χ1n) is 8.65. The average Bonchev–Trinajstić information content (AvgIpc) is 2.74. The highest BCUT2D eigenvalue weighted by molar-refractivity contribution is 6.11. The Hall–Kier alpha value is -3.66. The summed E-state index contributed by atoms with van der Waals surface area (Å²) in [4.78, 5) is 17.3. The van der Waals surface area contributed by atoms with Crippen LogP contribution in [0.1, 0.15) is 10.4 Å². The number of amides is 1. The summed E-state index contributed by atoms with van der Waals surface area (Å²) in [7, 11) is 1.64. The highest BCUT2D eigenvalue weighted by Crippen LogP contribution is 2.34. The average molecular weight is 354 g/mol. The third-order valence-corrected chi connectivity index (χ3v) is 4.45. The summed E-state index contributed by atoms with van der Waals surface area (Å²) in [5, 5.41) is 4.03. The maximum absolute atomic E-state index is 12.8. The maximum atomic E-state index is 12.8. The molecule has 1 N–H and O–H groups in total. The molecule has 0 atom stereocenters. The van der Waals surface area contributed by atoms with Crippen molar-refractivity contribution in [1.82, 2.24) is 4.98 Å². The van der Waals surface area contributed by atoms with Crippen molar-refractivity contribution >= 4 is 22.5 Å². The van der Waals surface area contributed by atoms with Crippen LogP contribution in [0.4, 0.5) is 5.69 Å². The predicted octanol–water partition coefficient (Wildman–Crippen LogP) is 5.16. The van der Waals surface area contributed by atoms with Crippen LogP contribution in [0.2, 0.25) is 0 Å². The number of rotatable bonds is 4. The minimum Gasteiger partial charge on any atom is -0.497 e. The summed E-state index contributed by atoms with van der Waals surface area (Å²) < 4.78 is 5.25. The van der Waals surface area contributed by atoms with Gasteiger partial charge in [-0.25, -0.2) is 0 Å². The van der Waals surface area contributed by atoms with Crippen molar-refractivity contribution in [3.63, 3.8) is 0 Å². The largest absolute Gasteiger partial charge is 0.497 e. The van der Waals surface area contributed by atoms with E-state index in [1.54, 1.807) is 25.4 Å². The van der Waals surface area contributed by atoms with Crippen molar-refractivity contribution in [2.45, 2.75) is 0 Å². The third kappa shape index (κ3) is 3.37. The molecule has 0 radical (unpaired) electrons. The van der Waals surface area contributed by atoms with Crippen LogP contribution in [-0.2, 0) is 0 Å². The number of hydrogen-bond donors (Lipinski definition) is 1. The molecule has 0 aliphatic carbocycles. The van der Waals surface area contributed by atoms with Gasteiger partial charge in [-0.1, -0.05) is 48.5 Å². The predicted molar refractivity (Wildman–Crippen MR) is 108 cm³/mol. The smallest absolute Gasteiger partial charge is 0.255 e. The summed E-state index contributed by atoms with van der Waals surface area (Å²) >= 11 is 0. The lowest BCUT2D eigenvalue weighted by atomic mass is 10.0. The molecule has 27 heavy (non-hydrogen) atoms. The zero-order chi connectivity index (χ0) is 18.6. The lowest BCUT2D eigenvalue weighted by molar-refractivity contribution is 0.102. The molecule has 0 aliphatic rings. The topological polar surface area (TPSA) is 51.2 Å². The van der Waals surface area contributed by atoms with Gasteiger partial charge in [-0.15, -0.1) is 0 Å². The Bertz CT molecular complexity index is 1090. The molecule has 1 amide bonds. The van der Waals surface area contributed by atoms with Gasteiger partial charge in [0.15, 0.2) is 0 Å². The van der Waals surface area contributed by atoms with E-state index in [1.165, 1.54) is 0 Å². The van der Waals surface area contributed by atoms with Crippen LogP contribution >= 0.6 is 0 Å². The van der Waals surface area contributed by atoms with Crippen molar-refractivity contribution in [3.05, 3.63) is 90.6 Å². The van der Waals surface area contributed by atoms with Gasteiger partial charge in [0, 0.05) is 22.7 Å². The van der Waals surface area contributed by atoms with Gasteiger partial charge in [0.25, 0.3) is 5.91 Å². The molecule has 0 aliphatic heterocycles. The Morgan fingerprint density at radius 2 is 1.67 bits per heavy atom. The molecule has 0 saturated heterocycles. The first-order chi connectivity index (χ1) is 13.3. The summed E-state index contributed by atoms with van der Waals surface area (Å²) in [5.41, 5.74) is 3.95. The van der Waals surface area contributed by atoms with Crippen LogP contribution in [0.15, 0.2) is 85.1 Å². The second-order valence-electron chi connectivity index (χ2n) is 6.11. The van der Waals surface area contributed by atoms with E-state index < -0.39 is 0 Å². The van der Waals surface area contributed by atoms with Crippen molar-refractivity contribution in [3.8, 4) is 16.9 Å². The Morgan fingerprint density at radius 3 is 2.41 bits per heavy atom. The highest BCUT2D eigenvalue weighted by Gasteiger charge is 2.14. The van der Waals surface area contributed by atoms with Crippen LogP contribution in [0, 0.1) is 0 Å². The number of carbonyl (C=O) groups excluding carboxylic acids is 1. The number of fused-ring (bicyclic) bond motifs is 1. The molecule has 4 heteroatoms. The van der Waals surface area contributed by atoms with E-state index in [0.717, 1.165) is 27.8 Å². The fraction of sp³-hybridized carbons (Fsp3) is 0.0435. The first kappa shape index (κ1) is 16.8. The molecule has 0 spiro atoms. The Labute approximate surface area is 157 Å². The molecule has 4 rings (SSSR count). The molecule has 0 saturated carbocycles. The Kier molecular flexibility index (Phi) is 4.54. The molecule has 132 valence electrons. The van der Waals surface area contributed by atoms with Crippen molar-refractivity contribution in [2.75, 3.05) is 12.4 Å². The molecule has 1 heterocycles. The number of benzene rings is 3. The number of hydrogen-bond acceptors (Lipinski definition) is 3. The molecule has 1 aromatic heterocycles. The van der Waals surface area contributed by atoms with Crippen LogP contribution in [0.3, 0.4) is 0 Å². The lowest BCUT2D eigenvalue weighted by Gasteiger charge is -2.14. The van der Waals surface area contributed by atoms with E-state index in [2.05, 4.69) is 10.3 Å². The standard InChI is InChI=1S/C23H18N2O2/c1-27-19-12-9-16(10-13-19)20-14-11-17-8-5-15-24-21(17)22(20)25-23(26)18-6-3-2-4-7-18/h2-15H,1H3,(H,25,26). The molecular weight excluding hydrogens is 336 g/mol. The quantitative estimate of drug-likeness (QED) is 0.550. The molecule has 0 unspecified atom stereocenters. The molecule has 4 nitrogen and oxygen atoms in total. The van der Waals surface area contributed by atoms with E-state index in [-0.39, 0.29) is 5.91 Å². The maximum Gasteiger partial charge on any atom is 0.255 e. The van der Waals surface area contributed by atoms with Gasteiger partial charge in [0.1, 0.15) is 5.75 Å². The normalized spacial score (nSPS) is 10.6. The van der Waals surface area contributed by atoms with Gasteiger partial charge in [-0.2, -0.15) is 0 Å². The fourth-order valence-corrected chi connectivity index (χ4v) is 3.06. The minimum atomic E-state index is -0.163. The van der Waals surface area contributed by atoms with Gasteiger partial charge in [0.2, 0.25) is 0 Å². The molecule has 0 fully saturated rings. The first-order valence-corrected chi connectivity index (χ1v) is 8.65. The number of methoxy groups -OCH3 is 1. The number of nitrogens with one attached hydrogen (secondary N) is 1. The third-order valence-electron chi connectivity index (χ3n) is 4.45. The highest BCUT2D eigenvalue weighted by atomic mass is 16.5. The van der Waals surface area contributed by atoms with E-state index >= 15 is 0 Å². The molecule has 0 bridgehead atoms. The van der Waals surface area contributed by atoms with Crippen LogP contribution < -0.4 is 10.1 Å². The SMILES string of the molecule is COc1ccc(-c2ccc3cccnc3c2NC(=O)c2ccccc2)cc1.